The minimum atomic E-state index is -3.66. The molecule has 1 aromatic carbocycles. The highest BCUT2D eigenvalue weighted by atomic mass is 35.5. The molecule has 0 unspecified atom stereocenters. The number of rotatable bonds is 3. The Balaban J connectivity index is 0.00000220. The standard InChI is InChI=1S/C12H18N4O3S.ClH/c13-11-3-1-10(2-4-11)9-12(17)15-5-7-16(8-6-15)20(14,18)19;/h1-4H,5-9,13H2,(H2,14,18,19);1H. The molecule has 1 aliphatic heterocycles. The molecule has 0 bridgehead atoms. The number of nitrogen functional groups attached to an aromatic ring is 1. The van der Waals surface area contributed by atoms with Crippen LogP contribution in [0.5, 0.6) is 0 Å². The van der Waals surface area contributed by atoms with E-state index < -0.39 is 10.2 Å². The van der Waals surface area contributed by atoms with E-state index >= 15 is 0 Å². The quantitative estimate of drug-likeness (QED) is 0.731. The number of halogens is 1. The van der Waals surface area contributed by atoms with Gasteiger partial charge in [0.15, 0.2) is 0 Å². The van der Waals surface area contributed by atoms with E-state index in [1.165, 1.54) is 4.31 Å². The van der Waals surface area contributed by atoms with Crippen molar-refractivity contribution < 1.29 is 13.2 Å². The Morgan fingerprint density at radius 3 is 2.10 bits per heavy atom. The summed E-state index contributed by atoms with van der Waals surface area (Å²) in [6, 6.07) is 7.13. The van der Waals surface area contributed by atoms with Gasteiger partial charge in [0, 0.05) is 31.9 Å². The van der Waals surface area contributed by atoms with Gasteiger partial charge < -0.3 is 10.6 Å². The molecular weight excluding hydrogens is 316 g/mol. The molecule has 0 radical (unpaired) electrons. The lowest BCUT2D eigenvalue weighted by Crippen LogP contribution is -2.52. The van der Waals surface area contributed by atoms with Gasteiger partial charge in [-0.15, -0.1) is 12.4 Å². The number of carbonyl (C=O) groups is 1. The zero-order chi connectivity index (χ0) is 14.8. The van der Waals surface area contributed by atoms with Gasteiger partial charge in [-0.2, -0.15) is 12.7 Å². The SMILES string of the molecule is Cl.Nc1ccc(CC(=O)N2CCN(S(N)(=O)=O)CC2)cc1. The van der Waals surface area contributed by atoms with Crippen molar-refractivity contribution in [2.75, 3.05) is 31.9 Å². The van der Waals surface area contributed by atoms with Crippen LogP contribution in [0.15, 0.2) is 24.3 Å². The summed E-state index contributed by atoms with van der Waals surface area (Å²) in [5, 5.41) is 5.05. The third-order valence-corrected chi connectivity index (χ3v) is 4.37. The van der Waals surface area contributed by atoms with E-state index in [-0.39, 0.29) is 37.8 Å². The molecule has 0 atom stereocenters. The molecule has 0 spiro atoms. The molecule has 7 nitrogen and oxygen atoms in total. The molecule has 21 heavy (non-hydrogen) atoms. The number of nitrogens with two attached hydrogens (primary N) is 2. The Bertz CT molecular complexity index is 583. The van der Waals surface area contributed by atoms with Crippen LogP contribution in [0.2, 0.25) is 0 Å². The van der Waals surface area contributed by atoms with E-state index in [2.05, 4.69) is 0 Å². The summed E-state index contributed by atoms with van der Waals surface area (Å²) in [5.74, 6) is -0.0242. The monoisotopic (exact) mass is 334 g/mol. The summed E-state index contributed by atoms with van der Waals surface area (Å²) < 4.78 is 23.5. The normalized spacial score (nSPS) is 16.3. The summed E-state index contributed by atoms with van der Waals surface area (Å²) in [6.07, 6.45) is 0.287. The van der Waals surface area contributed by atoms with Gasteiger partial charge in [0.25, 0.3) is 10.2 Å². The van der Waals surface area contributed by atoms with Crippen LogP contribution >= 0.6 is 12.4 Å². The first kappa shape index (κ1) is 17.7. The first-order chi connectivity index (χ1) is 9.36. The maximum Gasteiger partial charge on any atom is 0.277 e. The number of benzene rings is 1. The third-order valence-electron chi connectivity index (χ3n) is 3.29. The molecule has 0 saturated carbocycles. The van der Waals surface area contributed by atoms with Crippen LogP contribution in [-0.4, -0.2) is 49.7 Å². The van der Waals surface area contributed by atoms with Gasteiger partial charge in [-0.1, -0.05) is 12.1 Å². The minimum absolute atomic E-state index is 0. The summed E-state index contributed by atoms with van der Waals surface area (Å²) in [4.78, 5) is 13.8. The van der Waals surface area contributed by atoms with Crippen LogP contribution in [-0.2, 0) is 21.4 Å². The van der Waals surface area contributed by atoms with E-state index in [9.17, 15) is 13.2 Å². The van der Waals surface area contributed by atoms with E-state index in [4.69, 9.17) is 10.9 Å². The smallest absolute Gasteiger partial charge is 0.277 e. The van der Waals surface area contributed by atoms with Crippen molar-refractivity contribution in [3.63, 3.8) is 0 Å². The number of piperazine rings is 1. The van der Waals surface area contributed by atoms with Gasteiger partial charge in [0.2, 0.25) is 5.91 Å². The Hall–Kier alpha value is -1.35. The molecule has 1 heterocycles. The van der Waals surface area contributed by atoms with E-state index in [1.807, 2.05) is 12.1 Å². The number of anilines is 1. The molecule has 118 valence electrons. The van der Waals surface area contributed by atoms with Crippen molar-refractivity contribution in [1.82, 2.24) is 9.21 Å². The van der Waals surface area contributed by atoms with Gasteiger partial charge in [-0.05, 0) is 17.7 Å². The van der Waals surface area contributed by atoms with Gasteiger partial charge >= 0.3 is 0 Å². The lowest BCUT2D eigenvalue weighted by molar-refractivity contribution is -0.131. The van der Waals surface area contributed by atoms with Crippen molar-refractivity contribution in [3.05, 3.63) is 29.8 Å². The van der Waals surface area contributed by atoms with Gasteiger partial charge in [0.1, 0.15) is 0 Å². The second-order valence-electron chi connectivity index (χ2n) is 4.74. The average molecular weight is 335 g/mol. The van der Waals surface area contributed by atoms with E-state index in [1.54, 1.807) is 17.0 Å². The van der Waals surface area contributed by atoms with Crippen LogP contribution in [0, 0.1) is 0 Å². The van der Waals surface area contributed by atoms with Crippen molar-refractivity contribution in [1.29, 1.82) is 0 Å². The van der Waals surface area contributed by atoms with Crippen molar-refractivity contribution in [2.45, 2.75) is 6.42 Å². The van der Waals surface area contributed by atoms with Crippen LogP contribution in [0.25, 0.3) is 0 Å². The molecule has 1 fully saturated rings. The summed E-state index contributed by atoms with van der Waals surface area (Å²) >= 11 is 0. The second-order valence-corrected chi connectivity index (χ2v) is 6.29. The predicted molar refractivity (Wildman–Crippen MR) is 83.1 cm³/mol. The molecule has 1 amide bonds. The fraction of sp³-hybridized carbons (Fsp3) is 0.417. The Morgan fingerprint density at radius 1 is 1.10 bits per heavy atom. The molecule has 0 aromatic heterocycles. The first-order valence-electron chi connectivity index (χ1n) is 6.26. The van der Waals surface area contributed by atoms with Gasteiger partial charge in [0.05, 0.1) is 6.42 Å². The van der Waals surface area contributed by atoms with Crippen molar-refractivity contribution in [2.24, 2.45) is 5.14 Å². The molecule has 9 heteroatoms. The topological polar surface area (TPSA) is 110 Å². The number of amides is 1. The summed E-state index contributed by atoms with van der Waals surface area (Å²) in [7, 11) is -3.66. The number of carbonyl (C=O) groups excluding carboxylic acids is 1. The van der Waals surface area contributed by atoms with Crippen LogP contribution in [0.3, 0.4) is 0 Å². The summed E-state index contributed by atoms with van der Waals surface area (Å²) in [5.41, 5.74) is 7.13. The van der Waals surface area contributed by atoms with E-state index in [0.29, 0.717) is 18.8 Å². The molecule has 1 aliphatic rings. The summed E-state index contributed by atoms with van der Waals surface area (Å²) in [6.45, 7) is 1.22. The average Bonchev–Trinajstić information content (AvgIpc) is 2.40. The predicted octanol–water partition coefficient (Wildman–Crippen LogP) is -0.419. The third kappa shape index (κ3) is 4.85. The maximum atomic E-state index is 12.1. The maximum absolute atomic E-state index is 12.1. The lowest BCUT2D eigenvalue weighted by Gasteiger charge is -2.33. The molecular formula is C12H19ClN4O3S. The van der Waals surface area contributed by atoms with Crippen molar-refractivity contribution >= 4 is 34.2 Å². The highest BCUT2D eigenvalue weighted by Crippen LogP contribution is 2.10. The van der Waals surface area contributed by atoms with Crippen LogP contribution in [0.1, 0.15) is 5.56 Å². The lowest BCUT2D eigenvalue weighted by atomic mass is 10.1. The van der Waals surface area contributed by atoms with Gasteiger partial charge in [-0.25, -0.2) is 5.14 Å². The number of hydrogen-bond acceptors (Lipinski definition) is 4. The number of hydrogen-bond donors (Lipinski definition) is 2. The fourth-order valence-electron chi connectivity index (χ4n) is 2.11. The number of nitrogens with zero attached hydrogens (tertiary/aromatic N) is 2. The molecule has 0 aliphatic carbocycles. The van der Waals surface area contributed by atoms with E-state index in [0.717, 1.165) is 5.56 Å². The van der Waals surface area contributed by atoms with Crippen molar-refractivity contribution in [3.8, 4) is 0 Å². The Labute approximate surface area is 130 Å². The zero-order valence-electron chi connectivity index (χ0n) is 11.4. The largest absolute Gasteiger partial charge is 0.399 e. The first-order valence-corrected chi connectivity index (χ1v) is 7.76. The highest BCUT2D eigenvalue weighted by molar-refractivity contribution is 7.86. The van der Waals surface area contributed by atoms with Crippen LogP contribution < -0.4 is 10.9 Å². The fourth-order valence-corrected chi connectivity index (χ4v) is 2.79. The van der Waals surface area contributed by atoms with Gasteiger partial charge in [-0.3, -0.25) is 4.79 Å². The second kappa shape index (κ2) is 7.08. The molecule has 2 rings (SSSR count). The van der Waals surface area contributed by atoms with Crippen LogP contribution in [0.4, 0.5) is 5.69 Å². The minimum Gasteiger partial charge on any atom is -0.399 e. The highest BCUT2D eigenvalue weighted by Gasteiger charge is 2.26. The Kier molecular flexibility index (Phi) is 5.97. The zero-order valence-corrected chi connectivity index (χ0v) is 13.1. The Morgan fingerprint density at radius 2 is 1.62 bits per heavy atom. The molecule has 1 aromatic rings. The molecule has 1 saturated heterocycles. The molecule has 4 N–H and O–H groups in total.